The minimum atomic E-state index is 0. The van der Waals surface area contributed by atoms with Gasteiger partial charge in [-0.2, -0.15) is 0 Å². The zero-order valence-corrected chi connectivity index (χ0v) is 12.2. The van der Waals surface area contributed by atoms with Crippen molar-refractivity contribution in [2.24, 2.45) is 0 Å². The van der Waals surface area contributed by atoms with Crippen molar-refractivity contribution in [3.05, 3.63) is 61.2 Å². The number of halogens is 1. The molecular formula is C15H22BrN. The Morgan fingerprint density at radius 3 is 2.06 bits per heavy atom. The fourth-order valence-electron chi connectivity index (χ4n) is 2.04. The first-order valence-corrected chi connectivity index (χ1v) is 5.84. The summed E-state index contributed by atoms with van der Waals surface area (Å²) in [5.41, 5.74) is 1.37. The standard InChI is InChI=1S/C15H21N.BrH/c1-4-12-16(13-5-2)15(6-3)14-10-8-7-9-11-14;/h4-5,7-11,15H,1-2,6,12-13H2,3H3;1H. The van der Waals surface area contributed by atoms with Gasteiger partial charge >= 0.3 is 0 Å². The molecule has 0 saturated heterocycles. The molecule has 2 heteroatoms. The van der Waals surface area contributed by atoms with Gasteiger partial charge in [0.15, 0.2) is 0 Å². The fraction of sp³-hybridized carbons (Fsp3) is 0.333. The number of hydrogen-bond acceptors (Lipinski definition) is 1. The molecule has 0 amide bonds. The van der Waals surface area contributed by atoms with Crippen molar-refractivity contribution in [3.63, 3.8) is 0 Å². The third-order valence-corrected chi connectivity index (χ3v) is 2.74. The van der Waals surface area contributed by atoms with Gasteiger partial charge in [0.1, 0.15) is 0 Å². The number of benzene rings is 1. The van der Waals surface area contributed by atoms with E-state index in [1.54, 1.807) is 0 Å². The molecule has 1 nitrogen and oxygen atoms in total. The summed E-state index contributed by atoms with van der Waals surface area (Å²) in [7, 11) is 0. The summed E-state index contributed by atoms with van der Waals surface area (Å²) >= 11 is 0. The second kappa shape index (κ2) is 9.20. The van der Waals surface area contributed by atoms with Crippen molar-refractivity contribution >= 4 is 17.0 Å². The van der Waals surface area contributed by atoms with E-state index in [4.69, 9.17) is 0 Å². The van der Waals surface area contributed by atoms with Crippen LogP contribution in [0.3, 0.4) is 0 Å². The van der Waals surface area contributed by atoms with E-state index in [9.17, 15) is 0 Å². The number of hydrogen-bond donors (Lipinski definition) is 0. The number of rotatable bonds is 7. The first kappa shape index (κ1) is 16.1. The largest absolute Gasteiger partial charge is 0.289 e. The topological polar surface area (TPSA) is 3.24 Å². The van der Waals surface area contributed by atoms with Gasteiger partial charge in [-0.05, 0) is 12.0 Å². The summed E-state index contributed by atoms with van der Waals surface area (Å²) in [5.74, 6) is 0. The first-order chi connectivity index (χ1) is 7.83. The Balaban J connectivity index is 0.00000256. The van der Waals surface area contributed by atoms with Crippen LogP contribution in [0, 0.1) is 0 Å². The summed E-state index contributed by atoms with van der Waals surface area (Å²) in [4.78, 5) is 2.38. The maximum Gasteiger partial charge on any atom is 0.0352 e. The second-order valence-corrected chi connectivity index (χ2v) is 3.87. The zero-order valence-electron chi connectivity index (χ0n) is 10.5. The molecule has 0 bridgehead atoms. The highest BCUT2D eigenvalue weighted by molar-refractivity contribution is 8.93. The monoisotopic (exact) mass is 295 g/mol. The molecule has 1 aromatic carbocycles. The van der Waals surface area contributed by atoms with Gasteiger partial charge in [0, 0.05) is 19.1 Å². The van der Waals surface area contributed by atoms with Crippen molar-refractivity contribution in [2.75, 3.05) is 13.1 Å². The van der Waals surface area contributed by atoms with Crippen molar-refractivity contribution in [3.8, 4) is 0 Å². The van der Waals surface area contributed by atoms with E-state index < -0.39 is 0 Å². The molecule has 0 aliphatic carbocycles. The van der Waals surface area contributed by atoms with E-state index in [2.05, 4.69) is 55.3 Å². The van der Waals surface area contributed by atoms with Crippen LogP contribution in [0.25, 0.3) is 0 Å². The zero-order chi connectivity index (χ0) is 11.8. The van der Waals surface area contributed by atoms with Crippen molar-refractivity contribution < 1.29 is 0 Å². The van der Waals surface area contributed by atoms with Crippen LogP contribution in [0.1, 0.15) is 24.9 Å². The molecule has 0 heterocycles. The second-order valence-electron chi connectivity index (χ2n) is 3.87. The summed E-state index contributed by atoms with van der Waals surface area (Å²) < 4.78 is 0. The highest BCUT2D eigenvalue weighted by Gasteiger charge is 2.15. The average molecular weight is 296 g/mol. The molecule has 0 radical (unpaired) electrons. The third-order valence-electron chi connectivity index (χ3n) is 2.74. The molecule has 1 unspecified atom stereocenters. The maximum atomic E-state index is 3.82. The van der Waals surface area contributed by atoms with E-state index in [0.29, 0.717) is 6.04 Å². The SMILES string of the molecule is Br.C=CCN(CC=C)C(CC)c1ccccc1. The van der Waals surface area contributed by atoms with Crippen LogP contribution in [-0.4, -0.2) is 18.0 Å². The Bertz CT molecular complexity index is 311. The molecule has 0 aliphatic rings. The molecular weight excluding hydrogens is 274 g/mol. The quantitative estimate of drug-likeness (QED) is 0.675. The Morgan fingerprint density at radius 1 is 1.12 bits per heavy atom. The van der Waals surface area contributed by atoms with Gasteiger partial charge in [-0.1, -0.05) is 49.4 Å². The van der Waals surface area contributed by atoms with Gasteiger partial charge in [0.25, 0.3) is 0 Å². The van der Waals surface area contributed by atoms with E-state index >= 15 is 0 Å². The molecule has 0 spiro atoms. The van der Waals surface area contributed by atoms with Gasteiger partial charge in [0.2, 0.25) is 0 Å². The minimum absolute atomic E-state index is 0. The van der Waals surface area contributed by atoms with Crippen LogP contribution < -0.4 is 0 Å². The number of nitrogens with zero attached hydrogens (tertiary/aromatic N) is 1. The van der Waals surface area contributed by atoms with Crippen LogP contribution >= 0.6 is 17.0 Å². The molecule has 0 N–H and O–H groups in total. The van der Waals surface area contributed by atoms with E-state index in [0.717, 1.165) is 19.5 Å². The lowest BCUT2D eigenvalue weighted by atomic mass is 10.0. The lowest BCUT2D eigenvalue weighted by molar-refractivity contribution is 0.237. The van der Waals surface area contributed by atoms with Gasteiger partial charge in [-0.25, -0.2) is 0 Å². The highest BCUT2D eigenvalue weighted by atomic mass is 79.9. The molecule has 94 valence electrons. The van der Waals surface area contributed by atoms with Gasteiger partial charge in [0.05, 0.1) is 0 Å². The summed E-state index contributed by atoms with van der Waals surface area (Å²) in [6.07, 6.45) is 5.01. The summed E-state index contributed by atoms with van der Waals surface area (Å²) in [6.45, 7) is 11.7. The predicted molar refractivity (Wildman–Crippen MR) is 81.8 cm³/mol. The summed E-state index contributed by atoms with van der Waals surface area (Å²) in [6, 6.07) is 11.1. The fourth-order valence-corrected chi connectivity index (χ4v) is 2.04. The van der Waals surface area contributed by atoms with Crippen LogP contribution in [0.15, 0.2) is 55.6 Å². The van der Waals surface area contributed by atoms with Crippen LogP contribution in [-0.2, 0) is 0 Å². The molecule has 0 saturated carbocycles. The highest BCUT2D eigenvalue weighted by Crippen LogP contribution is 2.23. The van der Waals surface area contributed by atoms with Crippen LogP contribution in [0.5, 0.6) is 0 Å². The molecule has 17 heavy (non-hydrogen) atoms. The smallest absolute Gasteiger partial charge is 0.0352 e. The average Bonchev–Trinajstić information content (AvgIpc) is 2.32. The van der Waals surface area contributed by atoms with Gasteiger partial charge in [-0.3, -0.25) is 4.90 Å². The minimum Gasteiger partial charge on any atom is -0.289 e. The Labute approximate surface area is 116 Å². The summed E-state index contributed by atoms with van der Waals surface area (Å²) in [5, 5.41) is 0. The van der Waals surface area contributed by atoms with Crippen LogP contribution in [0.4, 0.5) is 0 Å². The van der Waals surface area contributed by atoms with Crippen molar-refractivity contribution in [1.82, 2.24) is 4.90 Å². The third kappa shape index (κ3) is 4.88. The molecule has 0 aromatic heterocycles. The van der Waals surface area contributed by atoms with E-state index in [1.807, 2.05) is 12.2 Å². The lowest BCUT2D eigenvalue weighted by Gasteiger charge is -2.29. The predicted octanol–water partition coefficient (Wildman–Crippen LogP) is 4.39. The van der Waals surface area contributed by atoms with Crippen molar-refractivity contribution in [2.45, 2.75) is 19.4 Å². The Kier molecular flexibility index (Phi) is 8.73. The van der Waals surface area contributed by atoms with Gasteiger partial charge < -0.3 is 0 Å². The van der Waals surface area contributed by atoms with Gasteiger partial charge in [-0.15, -0.1) is 30.1 Å². The maximum absolute atomic E-state index is 3.82. The normalized spacial score (nSPS) is 11.6. The lowest BCUT2D eigenvalue weighted by Crippen LogP contribution is -2.28. The van der Waals surface area contributed by atoms with E-state index in [-0.39, 0.29) is 17.0 Å². The Morgan fingerprint density at radius 2 is 1.65 bits per heavy atom. The molecule has 0 aliphatic heterocycles. The molecule has 1 rings (SSSR count). The molecule has 1 aromatic rings. The molecule has 0 fully saturated rings. The van der Waals surface area contributed by atoms with Crippen molar-refractivity contribution in [1.29, 1.82) is 0 Å². The van der Waals surface area contributed by atoms with E-state index in [1.165, 1.54) is 5.56 Å². The first-order valence-electron chi connectivity index (χ1n) is 5.84. The molecule has 1 atom stereocenters. The van der Waals surface area contributed by atoms with Crippen LogP contribution in [0.2, 0.25) is 0 Å². The Hall–Kier alpha value is -0.860.